The molecule has 0 aliphatic heterocycles. The van der Waals surface area contributed by atoms with Crippen LogP contribution in [0.5, 0.6) is 0 Å². The van der Waals surface area contributed by atoms with E-state index >= 15 is 0 Å². The zero-order valence-electron chi connectivity index (χ0n) is 8.39. The van der Waals surface area contributed by atoms with Gasteiger partial charge in [-0.2, -0.15) is 0 Å². The fraction of sp³-hybridized carbons (Fsp3) is 0.364. The maximum absolute atomic E-state index is 6.09. The second kappa shape index (κ2) is 3.93. The lowest BCUT2D eigenvalue weighted by atomic mass is 10.0. The third-order valence-corrected chi connectivity index (χ3v) is 2.51. The van der Waals surface area contributed by atoms with Gasteiger partial charge in [0.25, 0.3) is 0 Å². The molecule has 0 radical (unpaired) electrons. The Morgan fingerprint density at radius 1 is 1.46 bits per heavy atom. The minimum Gasteiger partial charge on any atom is -0.207 e. The Balaban J connectivity index is 3.43. The van der Waals surface area contributed by atoms with Crippen LogP contribution in [0.4, 0.5) is 5.69 Å². The van der Waals surface area contributed by atoms with Crippen molar-refractivity contribution >= 4 is 24.0 Å². The molecular formula is C11H15ClN+. The van der Waals surface area contributed by atoms with Gasteiger partial charge in [0.15, 0.2) is 0 Å². The molecule has 0 heterocycles. The summed E-state index contributed by atoms with van der Waals surface area (Å²) in [6.07, 6.45) is 0.988. The van der Waals surface area contributed by atoms with E-state index in [1.165, 1.54) is 11.1 Å². The van der Waals surface area contributed by atoms with Crippen LogP contribution in [0, 0.1) is 6.92 Å². The second-order valence-electron chi connectivity index (χ2n) is 3.24. The molecule has 2 heteroatoms. The maximum atomic E-state index is 6.09. The Kier molecular flexibility index (Phi) is 3.10. The van der Waals surface area contributed by atoms with E-state index in [-0.39, 0.29) is 0 Å². The van der Waals surface area contributed by atoms with Gasteiger partial charge in [-0.25, -0.2) is 4.58 Å². The number of hydrogen-bond acceptors (Lipinski definition) is 0. The lowest BCUT2D eigenvalue weighted by Gasteiger charge is -2.07. The first-order valence-electron chi connectivity index (χ1n) is 4.40. The van der Waals surface area contributed by atoms with E-state index in [4.69, 9.17) is 11.6 Å². The molecule has 0 aliphatic rings. The fourth-order valence-corrected chi connectivity index (χ4v) is 1.89. The third-order valence-electron chi connectivity index (χ3n) is 2.20. The van der Waals surface area contributed by atoms with Gasteiger partial charge in [-0.05, 0) is 25.0 Å². The molecule has 1 aromatic rings. The summed E-state index contributed by atoms with van der Waals surface area (Å²) >= 11 is 6.09. The summed E-state index contributed by atoms with van der Waals surface area (Å²) in [5.41, 5.74) is 3.60. The average molecular weight is 197 g/mol. The fourth-order valence-electron chi connectivity index (χ4n) is 1.57. The highest BCUT2D eigenvalue weighted by atomic mass is 35.5. The molecule has 13 heavy (non-hydrogen) atoms. The van der Waals surface area contributed by atoms with E-state index < -0.39 is 0 Å². The first kappa shape index (κ1) is 10.3. The molecule has 1 nitrogen and oxygen atoms in total. The molecule has 0 atom stereocenters. The van der Waals surface area contributed by atoms with Crippen LogP contribution in [0.1, 0.15) is 18.1 Å². The molecule has 0 bridgehead atoms. The normalized spacial score (nSPS) is 10.2. The van der Waals surface area contributed by atoms with Crippen LogP contribution in [0.15, 0.2) is 12.1 Å². The minimum absolute atomic E-state index is 0.778. The number of hydrogen-bond donors (Lipinski definition) is 0. The van der Waals surface area contributed by atoms with Crippen LogP contribution in [0.2, 0.25) is 5.02 Å². The molecule has 0 aliphatic carbocycles. The standard InChI is InChI=1S/C11H15ClN/c1-5-9-8(2)6-7-10(12)11(9)13(3)4/h6-7H,3,5H2,1-2,4H3/q+1. The molecule has 0 saturated carbocycles. The molecule has 1 rings (SSSR count). The molecule has 0 fully saturated rings. The monoisotopic (exact) mass is 196 g/mol. The van der Waals surface area contributed by atoms with Crippen LogP contribution >= 0.6 is 11.6 Å². The van der Waals surface area contributed by atoms with Crippen molar-refractivity contribution in [1.82, 2.24) is 0 Å². The molecule has 70 valence electrons. The molecule has 0 aromatic heterocycles. The van der Waals surface area contributed by atoms with E-state index in [2.05, 4.69) is 20.6 Å². The quantitative estimate of drug-likeness (QED) is 0.505. The van der Waals surface area contributed by atoms with E-state index in [1.807, 2.05) is 23.8 Å². The summed E-state index contributed by atoms with van der Waals surface area (Å²) in [6.45, 7) is 8.10. The number of aryl methyl sites for hydroxylation is 1. The maximum Gasteiger partial charge on any atom is 0.226 e. The summed E-state index contributed by atoms with van der Waals surface area (Å²) in [4.78, 5) is 0. The SMILES string of the molecule is C=[N+](C)c1c(Cl)ccc(C)c1CC. The summed E-state index contributed by atoms with van der Waals surface area (Å²) in [7, 11) is 1.92. The van der Waals surface area contributed by atoms with Gasteiger partial charge in [0.05, 0.1) is 0 Å². The van der Waals surface area contributed by atoms with Crippen molar-refractivity contribution in [2.24, 2.45) is 0 Å². The Labute approximate surface area is 84.7 Å². The molecule has 0 N–H and O–H groups in total. The average Bonchev–Trinajstić information content (AvgIpc) is 2.07. The predicted molar refractivity (Wildman–Crippen MR) is 58.5 cm³/mol. The van der Waals surface area contributed by atoms with Gasteiger partial charge in [-0.1, -0.05) is 24.6 Å². The van der Waals surface area contributed by atoms with Crippen molar-refractivity contribution in [3.8, 4) is 0 Å². The van der Waals surface area contributed by atoms with Crippen molar-refractivity contribution in [1.29, 1.82) is 0 Å². The van der Waals surface area contributed by atoms with Gasteiger partial charge in [0.1, 0.15) is 18.8 Å². The van der Waals surface area contributed by atoms with Crippen LogP contribution in [-0.4, -0.2) is 18.3 Å². The highest BCUT2D eigenvalue weighted by molar-refractivity contribution is 6.32. The van der Waals surface area contributed by atoms with Gasteiger partial charge in [0.2, 0.25) is 5.69 Å². The second-order valence-corrected chi connectivity index (χ2v) is 3.65. The van der Waals surface area contributed by atoms with Crippen LogP contribution in [0.25, 0.3) is 0 Å². The number of halogens is 1. The molecule has 0 amide bonds. The zero-order valence-corrected chi connectivity index (χ0v) is 9.15. The summed E-state index contributed by atoms with van der Waals surface area (Å²) in [5, 5.41) is 0.778. The molecular weight excluding hydrogens is 182 g/mol. The van der Waals surface area contributed by atoms with Crippen LogP contribution in [0.3, 0.4) is 0 Å². The van der Waals surface area contributed by atoms with Gasteiger partial charge < -0.3 is 0 Å². The molecule has 0 unspecified atom stereocenters. The number of nitrogens with zero attached hydrogens (tertiary/aromatic N) is 1. The van der Waals surface area contributed by atoms with Gasteiger partial charge in [-0.3, -0.25) is 0 Å². The summed E-state index contributed by atoms with van der Waals surface area (Å²) in [5.74, 6) is 0. The lowest BCUT2D eigenvalue weighted by molar-refractivity contribution is -0.395. The third kappa shape index (κ3) is 1.92. The van der Waals surface area contributed by atoms with E-state index in [9.17, 15) is 0 Å². The molecule has 0 saturated heterocycles. The number of rotatable bonds is 2. The van der Waals surface area contributed by atoms with E-state index in [0.717, 1.165) is 17.1 Å². The van der Waals surface area contributed by atoms with Crippen molar-refractivity contribution in [2.75, 3.05) is 7.05 Å². The highest BCUT2D eigenvalue weighted by Gasteiger charge is 2.15. The molecule has 1 aromatic carbocycles. The van der Waals surface area contributed by atoms with E-state index in [1.54, 1.807) is 0 Å². The Morgan fingerprint density at radius 3 is 2.46 bits per heavy atom. The van der Waals surface area contributed by atoms with E-state index in [0.29, 0.717) is 0 Å². The zero-order chi connectivity index (χ0) is 10.0. The van der Waals surface area contributed by atoms with Gasteiger partial charge in [-0.15, -0.1) is 0 Å². The van der Waals surface area contributed by atoms with Crippen molar-refractivity contribution in [3.05, 3.63) is 28.3 Å². The van der Waals surface area contributed by atoms with Crippen molar-refractivity contribution < 1.29 is 4.58 Å². The van der Waals surface area contributed by atoms with Crippen molar-refractivity contribution in [2.45, 2.75) is 20.3 Å². The van der Waals surface area contributed by atoms with Gasteiger partial charge >= 0.3 is 0 Å². The Bertz CT molecular complexity index is 342. The lowest BCUT2D eigenvalue weighted by Crippen LogP contribution is -2.00. The Hall–Kier alpha value is -0.820. The van der Waals surface area contributed by atoms with Crippen LogP contribution < -0.4 is 0 Å². The molecule has 0 spiro atoms. The van der Waals surface area contributed by atoms with Gasteiger partial charge in [0, 0.05) is 5.56 Å². The highest BCUT2D eigenvalue weighted by Crippen LogP contribution is 2.30. The Morgan fingerprint density at radius 2 is 2.08 bits per heavy atom. The first-order chi connectivity index (χ1) is 6.07. The van der Waals surface area contributed by atoms with Crippen molar-refractivity contribution in [3.63, 3.8) is 0 Å². The number of benzene rings is 1. The minimum atomic E-state index is 0.778. The predicted octanol–water partition coefficient (Wildman–Crippen LogP) is 3.19. The topological polar surface area (TPSA) is 3.01 Å². The van der Waals surface area contributed by atoms with Crippen LogP contribution in [-0.2, 0) is 6.42 Å². The smallest absolute Gasteiger partial charge is 0.207 e. The summed E-state index contributed by atoms with van der Waals surface area (Å²) in [6, 6.07) is 3.97. The first-order valence-corrected chi connectivity index (χ1v) is 4.78. The summed E-state index contributed by atoms with van der Waals surface area (Å²) < 4.78 is 1.83. The largest absolute Gasteiger partial charge is 0.226 e.